The van der Waals surface area contributed by atoms with Gasteiger partial charge in [0.1, 0.15) is 0 Å². The van der Waals surface area contributed by atoms with Gasteiger partial charge in [0.05, 0.1) is 11.4 Å². The molecule has 1 amide bonds. The molecule has 4 heteroatoms. The van der Waals surface area contributed by atoms with Crippen LogP contribution in [0.3, 0.4) is 0 Å². The zero-order valence-electron chi connectivity index (χ0n) is 8.29. The standard InChI is InChI=1S/C11H13N3O/c1-3-7(2)14-10-6-8(11(13)15)4-5-9(10)12/h3-6,14H,1-2,12H2,(H2,13,15). The third kappa shape index (κ3) is 2.60. The van der Waals surface area contributed by atoms with Crippen molar-refractivity contribution in [3.63, 3.8) is 0 Å². The van der Waals surface area contributed by atoms with Crippen molar-refractivity contribution < 1.29 is 4.79 Å². The molecular formula is C11H13N3O. The second-order valence-electron chi connectivity index (χ2n) is 3.02. The number of nitrogens with two attached hydrogens (primary N) is 2. The number of carbonyl (C=O) groups excluding carboxylic acids is 1. The molecule has 0 fully saturated rings. The van der Waals surface area contributed by atoms with Crippen LogP contribution in [0.25, 0.3) is 0 Å². The van der Waals surface area contributed by atoms with Gasteiger partial charge in [-0.1, -0.05) is 13.2 Å². The summed E-state index contributed by atoms with van der Waals surface area (Å²) < 4.78 is 0. The molecule has 0 spiro atoms. The lowest BCUT2D eigenvalue weighted by molar-refractivity contribution is 0.100. The molecule has 4 nitrogen and oxygen atoms in total. The number of allylic oxidation sites excluding steroid dienone is 1. The largest absolute Gasteiger partial charge is 0.397 e. The fourth-order valence-electron chi connectivity index (χ4n) is 1.04. The second kappa shape index (κ2) is 4.32. The number of amides is 1. The number of hydrogen-bond donors (Lipinski definition) is 3. The highest BCUT2D eigenvalue weighted by molar-refractivity contribution is 5.95. The topological polar surface area (TPSA) is 81.1 Å². The Bertz CT molecular complexity index is 424. The second-order valence-corrected chi connectivity index (χ2v) is 3.02. The van der Waals surface area contributed by atoms with E-state index in [0.29, 0.717) is 22.6 Å². The van der Waals surface area contributed by atoms with Crippen molar-refractivity contribution in [2.45, 2.75) is 0 Å². The number of hydrogen-bond acceptors (Lipinski definition) is 3. The molecule has 0 heterocycles. The summed E-state index contributed by atoms with van der Waals surface area (Å²) >= 11 is 0. The van der Waals surface area contributed by atoms with E-state index in [2.05, 4.69) is 18.5 Å². The van der Waals surface area contributed by atoms with E-state index in [0.717, 1.165) is 0 Å². The minimum atomic E-state index is -0.498. The summed E-state index contributed by atoms with van der Waals surface area (Å²) in [5, 5.41) is 2.91. The smallest absolute Gasteiger partial charge is 0.248 e. The van der Waals surface area contributed by atoms with Crippen molar-refractivity contribution in [3.8, 4) is 0 Å². The van der Waals surface area contributed by atoms with Gasteiger partial charge in [0.2, 0.25) is 5.91 Å². The summed E-state index contributed by atoms with van der Waals surface area (Å²) in [4.78, 5) is 10.9. The average molecular weight is 203 g/mol. The van der Waals surface area contributed by atoms with Crippen LogP contribution in [0.1, 0.15) is 10.4 Å². The maximum atomic E-state index is 10.9. The van der Waals surface area contributed by atoms with Crippen LogP contribution >= 0.6 is 0 Å². The van der Waals surface area contributed by atoms with Crippen molar-refractivity contribution in [2.75, 3.05) is 11.1 Å². The van der Waals surface area contributed by atoms with E-state index in [9.17, 15) is 4.79 Å². The lowest BCUT2D eigenvalue weighted by atomic mass is 10.1. The van der Waals surface area contributed by atoms with Gasteiger partial charge in [-0.2, -0.15) is 0 Å². The Morgan fingerprint density at radius 1 is 1.47 bits per heavy atom. The predicted molar refractivity (Wildman–Crippen MR) is 62.3 cm³/mol. The predicted octanol–water partition coefficient (Wildman–Crippen LogP) is 1.48. The van der Waals surface area contributed by atoms with Crippen molar-refractivity contribution in [3.05, 3.63) is 48.7 Å². The van der Waals surface area contributed by atoms with Gasteiger partial charge in [0, 0.05) is 11.3 Å². The molecule has 1 aromatic carbocycles. The first kappa shape index (κ1) is 10.8. The number of primary amides is 1. The zero-order valence-corrected chi connectivity index (χ0v) is 8.29. The molecule has 0 aromatic heterocycles. The lowest BCUT2D eigenvalue weighted by Gasteiger charge is -2.09. The Morgan fingerprint density at radius 3 is 2.67 bits per heavy atom. The third-order valence-corrected chi connectivity index (χ3v) is 1.88. The molecule has 1 aromatic rings. The fraction of sp³-hybridized carbons (Fsp3) is 0. The summed E-state index contributed by atoms with van der Waals surface area (Å²) in [5.74, 6) is -0.498. The molecule has 78 valence electrons. The maximum Gasteiger partial charge on any atom is 0.248 e. The van der Waals surface area contributed by atoms with Gasteiger partial charge in [-0.25, -0.2) is 0 Å². The first-order chi connectivity index (χ1) is 7.04. The van der Waals surface area contributed by atoms with Crippen molar-refractivity contribution >= 4 is 17.3 Å². The Morgan fingerprint density at radius 2 is 2.13 bits per heavy atom. The van der Waals surface area contributed by atoms with Gasteiger partial charge in [-0.3, -0.25) is 4.79 Å². The summed E-state index contributed by atoms with van der Waals surface area (Å²) in [5.41, 5.74) is 13.0. The quantitative estimate of drug-likeness (QED) is 0.512. The molecular weight excluding hydrogens is 190 g/mol. The zero-order chi connectivity index (χ0) is 11.4. The number of anilines is 2. The number of benzene rings is 1. The maximum absolute atomic E-state index is 10.9. The SMILES string of the molecule is C=CC(=C)Nc1cc(C(N)=O)ccc1N. The molecule has 0 aliphatic rings. The van der Waals surface area contributed by atoms with E-state index in [1.807, 2.05) is 0 Å². The number of rotatable bonds is 4. The first-order valence-corrected chi connectivity index (χ1v) is 4.32. The first-order valence-electron chi connectivity index (χ1n) is 4.32. The Kier molecular flexibility index (Phi) is 3.13. The molecule has 0 saturated heterocycles. The molecule has 0 unspecified atom stereocenters. The van der Waals surface area contributed by atoms with Gasteiger partial charge < -0.3 is 16.8 Å². The minimum Gasteiger partial charge on any atom is -0.397 e. The van der Waals surface area contributed by atoms with Crippen LogP contribution in [0, 0.1) is 0 Å². The average Bonchev–Trinajstić information content (AvgIpc) is 2.20. The van der Waals surface area contributed by atoms with Gasteiger partial charge in [-0.05, 0) is 24.3 Å². The molecule has 0 saturated carbocycles. The van der Waals surface area contributed by atoms with E-state index < -0.39 is 5.91 Å². The van der Waals surface area contributed by atoms with E-state index in [4.69, 9.17) is 11.5 Å². The van der Waals surface area contributed by atoms with Crippen LogP contribution in [0.5, 0.6) is 0 Å². The van der Waals surface area contributed by atoms with Crippen LogP contribution in [0.2, 0.25) is 0 Å². The van der Waals surface area contributed by atoms with Gasteiger partial charge in [-0.15, -0.1) is 0 Å². The third-order valence-electron chi connectivity index (χ3n) is 1.88. The molecule has 1 rings (SSSR count). The van der Waals surface area contributed by atoms with Crippen molar-refractivity contribution in [2.24, 2.45) is 5.73 Å². The van der Waals surface area contributed by atoms with Gasteiger partial charge >= 0.3 is 0 Å². The van der Waals surface area contributed by atoms with Gasteiger partial charge in [0.25, 0.3) is 0 Å². The van der Waals surface area contributed by atoms with Gasteiger partial charge in [0.15, 0.2) is 0 Å². The monoisotopic (exact) mass is 203 g/mol. The molecule has 0 atom stereocenters. The highest BCUT2D eigenvalue weighted by Gasteiger charge is 2.04. The molecule has 5 N–H and O–H groups in total. The molecule has 0 radical (unpaired) electrons. The van der Waals surface area contributed by atoms with E-state index >= 15 is 0 Å². The van der Waals surface area contributed by atoms with Crippen LogP contribution in [-0.2, 0) is 0 Å². The highest BCUT2D eigenvalue weighted by atomic mass is 16.1. The van der Waals surface area contributed by atoms with Crippen LogP contribution < -0.4 is 16.8 Å². The number of nitrogen functional groups attached to an aromatic ring is 1. The molecule has 0 bridgehead atoms. The Hall–Kier alpha value is -2.23. The summed E-state index contributed by atoms with van der Waals surface area (Å²) in [6, 6.07) is 4.75. The summed E-state index contributed by atoms with van der Waals surface area (Å²) in [6.07, 6.45) is 1.55. The van der Waals surface area contributed by atoms with Crippen LogP contribution in [-0.4, -0.2) is 5.91 Å². The fourth-order valence-corrected chi connectivity index (χ4v) is 1.04. The number of carbonyl (C=O) groups is 1. The van der Waals surface area contributed by atoms with Crippen molar-refractivity contribution in [1.29, 1.82) is 0 Å². The van der Waals surface area contributed by atoms with E-state index in [-0.39, 0.29) is 0 Å². The summed E-state index contributed by atoms with van der Waals surface area (Å²) in [7, 11) is 0. The highest BCUT2D eigenvalue weighted by Crippen LogP contribution is 2.21. The minimum absolute atomic E-state index is 0.392. The van der Waals surface area contributed by atoms with Crippen molar-refractivity contribution in [1.82, 2.24) is 0 Å². The Labute approximate surface area is 88.3 Å². The van der Waals surface area contributed by atoms with Crippen LogP contribution in [0.4, 0.5) is 11.4 Å². The molecule has 15 heavy (non-hydrogen) atoms. The van der Waals surface area contributed by atoms with E-state index in [1.165, 1.54) is 0 Å². The van der Waals surface area contributed by atoms with E-state index in [1.54, 1.807) is 24.3 Å². The summed E-state index contributed by atoms with van der Waals surface area (Å²) in [6.45, 7) is 7.23. The molecule has 0 aliphatic carbocycles. The normalized spacial score (nSPS) is 9.33. The Balaban J connectivity index is 3.05. The number of nitrogens with one attached hydrogen (secondary N) is 1. The molecule has 0 aliphatic heterocycles. The van der Waals surface area contributed by atoms with Crippen LogP contribution in [0.15, 0.2) is 43.1 Å². The lowest BCUT2D eigenvalue weighted by Crippen LogP contribution is -2.11.